The molecule has 1 N–H and O–H groups in total. The number of nitrogens with zero attached hydrogens (tertiary/aromatic N) is 3. The van der Waals surface area contributed by atoms with Gasteiger partial charge >= 0.3 is 10.2 Å². The number of anilines is 1. The van der Waals surface area contributed by atoms with Gasteiger partial charge in [0, 0.05) is 32.2 Å². The molecule has 0 saturated heterocycles. The van der Waals surface area contributed by atoms with Gasteiger partial charge in [0.2, 0.25) is 11.8 Å². The Labute approximate surface area is 201 Å². The van der Waals surface area contributed by atoms with Gasteiger partial charge in [0.25, 0.3) is 0 Å². The number of likely N-dealkylation sites (N-methyl/N-ethyl adjacent to an activating group) is 1. The van der Waals surface area contributed by atoms with Crippen LogP contribution in [-0.4, -0.2) is 62.7 Å². The van der Waals surface area contributed by atoms with E-state index < -0.39 is 28.7 Å². The van der Waals surface area contributed by atoms with E-state index in [4.69, 9.17) is 11.6 Å². The van der Waals surface area contributed by atoms with Gasteiger partial charge in [0.05, 0.1) is 5.69 Å². The Kier molecular flexibility index (Phi) is 9.70. The summed E-state index contributed by atoms with van der Waals surface area (Å²) in [5.41, 5.74) is 1.13. The average molecular weight is 495 g/mol. The zero-order valence-corrected chi connectivity index (χ0v) is 20.9. The topological polar surface area (TPSA) is 90.0 Å². The number of halogens is 1. The second-order valence-corrected chi connectivity index (χ2v) is 10.1. The summed E-state index contributed by atoms with van der Waals surface area (Å²) < 4.78 is 28.2. The van der Waals surface area contributed by atoms with Gasteiger partial charge in [-0.2, -0.15) is 12.7 Å². The zero-order valence-electron chi connectivity index (χ0n) is 19.4. The Morgan fingerprint density at radius 2 is 1.61 bits per heavy atom. The normalized spacial score (nSPS) is 12.3. The molecule has 0 saturated carbocycles. The third-order valence-corrected chi connectivity index (χ3v) is 7.14. The first-order chi connectivity index (χ1) is 15.6. The van der Waals surface area contributed by atoms with Crippen LogP contribution in [-0.2, 0) is 26.3 Å². The number of carbonyl (C=O) groups is 2. The first kappa shape index (κ1) is 26.6. The monoisotopic (exact) mass is 494 g/mol. The van der Waals surface area contributed by atoms with Crippen molar-refractivity contribution in [1.82, 2.24) is 14.5 Å². The first-order valence-electron chi connectivity index (χ1n) is 10.7. The Bertz CT molecular complexity index is 1030. The second-order valence-electron chi connectivity index (χ2n) is 7.60. The molecule has 0 unspecified atom stereocenters. The summed E-state index contributed by atoms with van der Waals surface area (Å²) >= 11 is 5.99. The number of nitrogens with one attached hydrogen (secondary N) is 1. The lowest BCUT2D eigenvalue weighted by atomic mass is 10.1. The minimum Gasteiger partial charge on any atom is -0.355 e. The van der Waals surface area contributed by atoms with Gasteiger partial charge in [0.1, 0.15) is 12.6 Å². The summed E-state index contributed by atoms with van der Waals surface area (Å²) in [4.78, 5) is 27.8. The van der Waals surface area contributed by atoms with E-state index in [1.165, 1.54) is 19.0 Å². The SMILES string of the molecule is CCNC(=O)[C@H](CC)N(Cc1ccc(Cl)cc1)C(=O)CN(c1ccccc1)S(=O)(=O)N(C)C. The highest BCUT2D eigenvalue weighted by atomic mass is 35.5. The first-order valence-corrected chi connectivity index (χ1v) is 12.5. The number of hydrogen-bond acceptors (Lipinski definition) is 4. The third kappa shape index (κ3) is 6.93. The maximum Gasteiger partial charge on any atom is 0.304 e. The fraction of sp³-hybridized carbons (Fsp3) is 0.391. The largest absolute Gasteiger partial charge is 0.355 e. The molecular formula is C23H31ClN4O4S. The fourth-order valence-electron chi connectivity index (χ4n) is 3.31. The van der Waals surface area contributed by atoms with E-state index in [2.05, 4.69) is 5.32 Å². The van der Waals surface area contributed by atoms with Crippen LogP contribution in [0, 0.1) is 0 Å². The van der Waals surface area contributed by atoms with Gasteiger partial charge in [0.15, 0.2) is 0 Å². The number of amides is 2. The lowest BCUT2D eigenvalue weighted by Gasteiger charge is -2.33. The zero-order chi connectivity index (χ0) is 24.6. The summed E-state index contributed by atoms with van der Waals surface area (Å²) in [6.07, 6.45) is 0.372. The summed E-state index contributed by atoms with van der Waals surface area (Å²) in [7, 11) is -1.15. The number of hydrogen-bond donors (Lipinski definition) is 1. The van der Waals surface area contributed by atoms with Crippen LogP contribution in [0.1, 0.15) is 25.8 Å². The van der Waals surface area contributed by atoms with Crippen molar-refractivity contribution in [3.63, 3.8) is 0 Å². The molecule has 0 radical (unpaired) electrons. The molecule has 0 aliphatic rings. The van der Waals surface area contributed by atoms with Gasteiger partial charge in [-0.1, -0.05) is 48.9 Å². The molecule has 0 aliphatic heterocycles. The predicted octanol–water partition coefficient (Wildman–Crippen LogP) is 2.90. The number of carbonyl (C=O) groups excluding carboxylic acids is 2. The van der Waals surface area contributed by atoms with Crippen LogP contribution in [0.4, 0.5) is 5.69 Å². The number of rotatable bonds is 11. The van der Waals surface area contributed by atoms with Crippen molar-refractivity contribution in [3.8, 4) is 0 Å². The van der Waals surface area contributed by atoms with Gasteiger partial charge in [-0.05, 0) is 43.2 Å². The van der Waals surface area contributed by atoms with Crippen LogP contribution in [0.5, 0.6) is 0 Å². The summed E-state index contributed by atoms with van der Waals surface area (Å²) in [5.74, 6) is -0.777. The maximum absolute atomic E-state index is 13.6. The van der Waals surface area contributed by atoms with E-state index in [0.717, 1.165) is 14.2 Å². The molecule has 0 spiro atoms. The molecule has 0 aromatic heterocycles. The van der Waals surface area contributed by atoms with Crippen molar-refractivity contribution in [2.24, 2.45) is 0 Å². The van der Waals surface area contributed by atoms with E-state index >= 15 is 0 Å². The Hall–Kier alpha value is -2.62. The third-order valence-electron chi connectivity index (χ3n) is 5.07. The van der Waals surface area contributed by atoms with E-state index in [9.17, 15) is 18.0 Å². The molecular weight excluding hydrogens is 464 g/mol. The lowest BCUT2D eigenvalue weighted by Crippen LogP contribution is -2.53. The number of para-hydroxylation sites is 1. The molecule has 0 heterocycles. The fourth-order valence-corrected chi connectivity index (χ4v) is 4.49. The Balaban J connectivity index is 2.45. The minimum atomic E-state index is -3.96. The van der Waals surface area contributed by atoms with Crippen LogP contribution >= 0.6 is 11.6 Å². The van der Waals surface area contributed by atoms with Crippen LogP contribution < -0.4 is 9.62 Å². The molecule has 2 amide bonds. The molecule has 8 nitrogen and oxygen atoms in total. The van der Waals surface area contributed by atoms with Crippen LogP contribution in [0.2, 0.25) is 5.02 Å². The molecule has 2 aromatic carbocycles. The van der Waals surface area contributed by atoms with Crippen LogP contribution in [0.15, 0.2) is 54.6 Å². The van der Waals surface area contributed by atoms with E-state index in [1.54, 1.807) is 61.5 Å². The van der Waals surface area contributed by atoms with Crippen molar-refractivity contribution in [3.05, 3.63) is 65.2 Å². The average Bonchev–Trinajstić information content (AvgIpc) is 2.79. The lowest BCUT2D eigenvalue weighted by molar-refractivity contribution is -0.140. The van der Waals surface area contributed by atoms with Gasteiger partial charge in [-0.3, -0.25) is 9.59 Å². The molecule has 180 valence electrons. The Morgan fingerprint density at radius 3 is 2.12 bits per heavy atom. The van der Waals surface area contributed by atoms with Crippen LogP contribution in [0.25, 0.3) is 0 Å². The molecule has 0 fully saturated rings. The Morgan fingerprint density at radius 1 is 1.00 bits per heavy atom. The maximum atomic E-state index is 13.6. The van der Waals surface area contributed by atoms with E-state index in [1.807, 2.05) is 6.92 Å². The smallest absolute Gasteiger partial charge is 0.304 e. The minimum absolute atomic E-state index is 0.135. The van der Waals surface area contributed by atoms with Crippen molar-refractivity contribution >= 4 is 39.3 Å². The highest BCUT2D eigenvalue weighted by Crippen LogP contribution is 2.21. The van der Waals surface area contributed by atoms with Gasteiger partial charge < -0.3 is 10.2 Å². The predicted molar refractivity (Wildman–Crippen MR) is 131 cm³/mol. The molecule has 2 rings (SSSR count). The van der Waals surface area contributed by atoms with Crippen molar-refractivity contribution < 1.29 is 18.0 Å². The standard InChI is InChI=1S/C23H31ClN4O4S/c1-5-21(23(30)25-6-2)27(16-18-12-14-19(24)15-13-18)22(29)17-28(33(31,32)26(3)4)20-10-8-7-9-11-20/h7-15,21H,5-6,16-17H2,1-4H3,(H,25,30)/t21-/m0/s1. The highest BCUT2D eigenvalue weighted by Gasteiger charge is 2.33. The second kappa shape index (κ2) is 12.0. The summed E-state index contributed by atoms with van der Waals surface area (Å²) in [6, 6.07) is 14.6. The molecule has 10 heteroatoms. The van der Waals surface area contributed by atoms with Crippen molar-refractivity contribution in [2.75, 3.05) is 31.5 Å². The van der Waals surface area contributed by atoms with Gasteiger partial charge in [-0.25, -0.2) is 4.31 Å². The van der Waals surface area contributed by atoms with Crippen molar-refractivity contribution in [1.29, 1.82) is 0 Å². The summed E-state index contributed by atoms with van der Waals surface area (Å²) in [6.45, 7) is 3.72. The van der Waals surface area contributed by atoms with E-state index in [0.29, 0.717) is 23.7 Å². The van der Waals surface area contributed by atoms with E-state index in [-0.39, 0.29) is 12.5 Å². The molecule has 0 bridgehead atoms. The quantitative estimate of drug-likeness (QED) is 0.520. The molecule has 33 heavy (non-hydrogen) atoms. The molecule has 0 aliphatic carbocycles. The number of benzene rings is 2. The summed E-state index contributed by atoms with van der Waals surface area (Å²) in [5, 5.41) is 3.32. The van der Waals surface area contributed by atoms with Crippen molar-refractivity contribution in [2.45, 2.75) is 32.9 Å². The molecule has 1 atom stereocenters. The molecule has 2 aromatic rings. The van der Waals surface area contributed by atoms with Crippen LogP contribution in [0.3, 0.4) is 0 Å². The highest BCUT2D eigenvalue weighted by molar-refractivity contribution is 7.90. The van der Waals surface area contributed by atoms with Gasteiger partial charge in [-0.15, -0.1) is 0 Å².